The molecular formula is C36H73NO8P+. The molecule has 0 radical (unpaired) electrons. The van der Waals surface area contributed by atoms with Gasteiger partial charge in [-0.25, -0.2) is 4.57 Å². The second-order valence-corrected chi connectivity index (χ2v) is 15.8. The Labute approximate surface area is 282 Å². The van der Waals surface area contributed by atoms with Crippen molar-refractivity contribution < 1.29 is 42.8 Å². The van der Waals surface area contributed by atoms with E-state index in [-0.39, 0.29) is 23.9 Å². The van der Waals surface area contributed by atoms with E-state index in [2.05, 4.69) is 13.8 Å². The summed E-state index contributed by atoms with van der Waals surface area (Å²) in [6.45, 7) is 3.00. The molecule has 0 amide bonds. The lowest BCUT2D eigenvalue weighted by atomic mass is 9.86. The van der Waals surface area contributed by atoms with Crippen LogP contribution in [0.25, 0.3) is 0 Å². The summed E-state index contributed by atoms with van der Waals surface area (Å²) in [5.41, 5.74) is -2.14. The molecule has 0 saturated carbocycles. The normalized spacial score (nSPS) is 14.3. The number of Topliss-reactive ketones (excluding diaryl/α,β-unsaturated/α-hetero) is 2. The largest absolute Gasteiger partial charge is 0.473 e. The van der Waals surface area contributed by atoms with Gasteiger partial charge in [0.25, 0.3) is 0 Å². The maximum Gasteiger partial charge on any atom is 0.473 e. The average molecular weight is 679 g/mol. The highest BCUT2D eigenvalue weighted by molar-refractivity contribution is 7.47. The molecular weight excluding hydrogens is 605 g/mol. The second-order valence-electron chi connectivity index (χ2n) is 14.4. The Morgan fingerprint density at radius 2 is 0.978 bits per heavy atom. The maximum atomic E-state index is 13.9. The van der Waals surface area contributed by atoms with Crippen LogP contribution in [0.2, 0.25) is 0 Å². The van der Waals surface area contributed by atoms with Crippen molar-refractivity contribution in [3.8, 4) is 0 Å². The van der Waals surface area contributed by atoms with Crippen molar-refractivity contribution in [2.45, 2.75) is 180 Å². The zero-order valence-corrected chi connectivity index (χ0v) is 31.3. The van der Waals surface area contributed by atoms with Crippen molar-refractivity contribution in [2.24, 2.45) is 0 Å². The number of hydrogen-bond donors (Lipinski definition) is 3. The van der Waals surface area contributed by atoms with Crippen LogP contribution in [0.3, 0.4) is 0 Å². The van der Waals surface area contributed by atoms with Gasteiger partial charge >= 0.3 is 7.82 Å². The van der Waals surface area contributed by atoms with Gasteiger partial charge in [0.05, 0.1) is 34.4 Å². The number of carbonyl (C=O) groups is 2. The summed E-state index contributed by atoms with van der Waals surface area (Å²) in [6.07, 6.45) is 23.4. The first kappa shape index (κ1) is 45.3. The van der Waals surface area contributed by atoms with Gasteiger partial charge in [0.2, 0.25) is 5.60 Å². The smallest absolute Gasteiger partial charge is 0.394 e. The van der Waals surface area contributed by atoms with Gasteiger partial charge in [0, 0.05) is 12.8 Å². The Hall–Kier alpha value is -0.670. The molecule has 10 heteroatoms. The average Bonchev–Trinajstić information content (AvgIpc) is 2.99. The molecule has 0 heterocycles. The van der Waals surface area contributed by atoms with Gasteiger partial charge in [-0.2, -0.15) is 0 Å². The number of unbranched alkanes of at least 4 members (excludes halogenated alkanes) is 20. The molecule has 0 saturated heterocycles. The van der Waals surface area contributed by atoms with E-state index in [0.717, 1.165) is 38.5 Å². The van der Waals surface area contributed by atoms with Crippen molar-refractivity contribution in [3.05, 3.63) is 0 Å². The first-order chi connectivity index (χ1) is 21.8. The fourth-order valence-corrected chi connectivity index (χ4v) is 6.96. The predicted octanol–water partition coefficient (Wildman–Crippen LogP) is 8.46. The third-order valence-electron chi connectivity index (χ3n) is 8.52. The van der Waals surface area contributed by atoms with Crippen LogP contribution in [0.4, 0.5) is 0 Å². The summed E-state index contributed by atoms with van der Waals surface area (Å²) in [7, 11) is 0.488. The molecule has 0 rings (SSSR count). The van der Waals surface area contributed by atoms with Crippen LogP contribution in [0.1, 0.15) is 168 Å². The lowest BCUT2D eigenvalue weighted by molar-refractivity contribution is -0.874. The minimum Gasteiger partial charge on any atom is -0.394 e. The summed E-state index contributed by atoms with van der Waals surface area (Å²) in [6, 6.07) is 0. The molecule has 0 spiro atoms. The molecule has 274 valence electrons. The van der Waals surface area contributed by atoms with Crippen molar-refractivity contribution >= 4 is 19.4 Å². The quantitative estimate of drug-likeness (QED) is 0.0268. The Morgan fingerprint density at radius 3 is 1.28 bits per heavy atom. The fraction of sp³-hybridized carbons (Fsp3) is 0.944. The van der Waals surface area contributed by atoms with E-state index in [9.17, 15) is 24.2 Å². The monoisotopic (exact) mass is 679 g/mol. The van der Waals surface area contributed by atoms with E-state index < -0.39 is 44.3 Å². The summed E-state index contributed by atoms with van der Waals surface area (Å²) < 4.78 is 23.8. The first-order valence-electron chi connectivity index (χ1n) is 18.7. The van der Waals surface area contributed by atoms with E-state index in [1.165, 1.54) is 89.9 Å². The molecule has 0 fully saturated rings. The fourth-order valence-electron chi connectivity index (χ4n) is 5.89. The Morgan fingerprint density at radius 1 is 0.652 bits per heavy atom. The topological polar surface area (TPSA) is 130 Å². The molecule has 0 aliphatic carbocycles. The van der Waals surface area contributed by atoms with Crippen LogP contribution in [0, 0.1) is 0 Å². The Kier molecular flexibility index (Phi) is 26.8. The van der Waals surface area contributed by atoms with E-state index in [0.29, 0.717) is 12.8 Å². The third kappa shape index (κ3) is 23.6. The number of rotatable bonds is 34. The van der Waals surface area contributed by atoms with Gasteiger partial charge in [0.1, 0.15) is 12.6 Å². The summed E-state index contributed by atoms with van der Waals surface area (Å²) in [5.74, 6) is -0.991. The van der Waals surface area contributed by atoms with Crippen molar-refractivity contribution in [1.29, 1.82) is 0 Å². The van der Waals surface area contributed by atoms with Crippen LogP contribution in [-0.2, 0) is 23.2 Å². The molecule has 0 bridgehead atoms. The van der Waals surface area contributed by atoms with Crippen molar-refractivity contribution in [2.75, 3.05) is 40.9 Å². The highest BCUT2D eigenvalue weighted by Gasteiger charge is 2.54. The maximum absolute atomic E-state index is 13.9. The molecule has 0 aromatic carbocycles. The lowest BCUT2D eigenvalue weighted by Gasteiger charge is -2.37. The number of phosphoric acid groups is 1. The number of likely N-dealkylation sites (N-methyl/N-ethyl adjacent to an activating group) is 1. The SMILES string of the molecule is CCCCCCCCCCCCCC(=O)C(C[N+](C)(C)C)(OP(=O)(O)OC[C@H](O)CO)C(=O)CCCCCCCCCCCCC. The predicted molar refractivity (Wildman–Crippen MR) is 188 cm³/mol. The molecule has 0 aliphatic heterocycles. The Bertz CT molecular complexity index is 778. The van der Waals surface area contributed by atoms with Gasteiger partial charge in [-0.1, -0.05) is 142 Å². The minimum absolute atomic E-state index is 0.0697. The van der Waals surface area contributed by atoms with Crippen LogP contribution in [0.5, 0.6) is 0 Å². The van der Waals surface area contributed by atoms with E-state index in [4.69, 9.17) is 14.2 Å². The molecule has 2 atom stereocenters. The lowest BCUT2D eigenvalue weighted by Crippen LogP contribution is -2.59. The number of ketones is 2. The highest BCUT2D eigenvalue weighted by atomic mass is 31.2. The number of aliphatic hydroxyl groups is 2. The third-order valence-corrected chi connectivity index (χ3v) is 9.54. The van der Waals surface area contributed by atoms with Gasteiger partial charge < -0.3 is 19.6 Å². The molecule has 0 aromatic rings. The summed E-state index contributed by atoms with van der Waals surface area (Å²) in [5, 5.41) is 18.8. The zero-order valence-electron chi connectivity index (χ0n) is 30.4. The highest BCUT2D eigenvalue weighted by Crippen LogP contribution is 2.49. The van der Waals surface area contributed by atoms with E-state index >= 15 is 0 Å². The number of aliphatic hydroxyl groups excluding tert-OH is 2. The van der Waals surface area contributed by atoms with Gasteiger partial charge in [0.15, 0.2) is 11.6 Å². The van der Waals surface area contributed by atoms with E-state index in [1.807, 2.05) is 21.1 Å². The number of hydrogen-bond acceptors (Lipinski definition) is 7. The van der Waals surface area contributed by atoms with Crippen molar-refractivity contribution in [3.63, 3.8) is 0 Å². The standard InChI is InChI=1S/C36H72NO8P/c1-6-8-10-12-14-16-18-20-22-24-26-28-34(40)36(32-37(3,4)5,45-46(42,43)44-31-33(39)30-38)35(41)29-27-25-23-21-19-17-15-13-11-9-7-2/h33,38-39H,6-32H2,1-5H3/p+1/t33-/m1/s1. The Balaban J connectivity index is 5.28. The number of nitrogens with zero attached hydrogens (tertiary/aromatic N) is 1. The van der Waals surface area contributed by atoms with Crippen LogP contribution >= 0.6 is 7.82 Å². The molecule has 1 unspecified atom stereocenters. The molecule has 9 nitrogen and oxygen atoms in total. The van der Waals surface area contributed by atoms with Gasteiger partial charge in [-0.15, -0.1) is 0 Å². The number of quaternary nitrogens is 1. The van der Waals surface area contributed by atoms with Gasteiger partial charge in [-0.05, 0) is 12.8 Å². The second kappa shape index (κ2) is 27.2. The molecule has 3 N–H and O–H groups in total. The number of carbonyl (C=O) groups excluding carboxylic acids is 2. The molecule has 0 aliphatic rings. The number of phosphoric ester groups is 1. The van der Waals surface area contributed by atoms with Crippen LogP contribution in [-0.4, -0.2) is 83.8 Å². The minimum atomic E-state index is -4.93. The summed E-state index contributed by atoms with van der Waals surface area (Å²) in [4.78, 5) is 38.4. The molecule has 0 aromatic heterocycles. The van der Waals surface area contributed by atoms with Crippen molar-refractivity contribution in [1.82, 2.24) is 0 Å². The van der Waals surface area contributed by atoms with E-state index in [1.54, 1.807) is 0 Å². The first-order valence-corrected chi connectivity index (χ1v) is 20.2. The van der Waals surface area contributed by atoms with Crippen LogP contribution < -0.4 is 0 Å². The van der Waals surface area contributed by atoms with Gasteiger partial charge in [-0.3, -0.25) is 18.6 Å². The summed E-state index contributed by atoms with van der Waals surface area (Å²) >= 11 is 0. The molecule has 46 heavy (non-hydrogen) atoms. The van der Waals surface area contributed by atoms with Crippen LogP contribution in [0.15, 0.2) is 0 Å². The zero-order chi connectivity index (χ0) is 34.7.